The van der Waals surface area contributed by atoms with Gasteiger partial charge in [0.25, 0.3) is 0 Å². The van der Waals surface area contributed by atoms with Gasteiger partial charge in [-0.15, -0.1) is 0 Å². The second-order valence-electron chi connectivity index (χ2n) is 5.58. The first-order valence-electron chi connectivity index (χ1n) is 7.04. The molecule has 0 spiro atoms. The minimum absolute atomic E-state index is 0.335. The van der Waals surface area contributed by atoms with Crippen LogP contribution >= 0.6 is 11.6 Å². The number of fused-ring (bicyclic) bond motifs is 3. The van der Waals surface area contributed by atoms with E-state index in [0.29, 0.717) is 22.5 Å². The Morgan fingerprint density at radius 1 is 1.40 bits per heavy atom. The Hall–Kier alpha value is -1.26. The van der Waals surface area contributed by atoms with E-state index in [2.05, 4.69) is 10.2 Å². The highest BCUT2D eigenvalue weighted by molar-refractivity contribution is 6.33. The molecule has 1 N–H and O–H groups in total. The van der Waals surface area contributed by atoms with Crippen LogP contribution in [-0.2, 0) is 4.74 Å². The largest absolute Gasteiger partial charge is 0.465 e. The molecule has 1 atom stereocenters. The molecule has 4 rings (SSSR count). The fraction of sp³-hybridized carbons (Fsp3) is 0.533. The number of hydrogen-bond donors (Lipinski definition) is 1. The summed E-state index contributed by atoms with van der Waals surface area (Å²) in [7, 11) is 1.39. The first-order chi connectivity index (χ1) is 9.67. The summed E-state index contributed by atoms with van der Waals surface area (Å²) < 4.78 is 4.75. The van der Waals surface area contributed by atoms with Gasteiger partial charge < -0.3 is 15.0 Å². The molecule has 5 heteroatoms. The number of rotatable bonds is 3. The van der Waals surface area contributed by atoms with Crippen molar-refractivity contribution in [2.45, 2.75) is 18.9 Å². The van der Waals surface area contributed by atoms with E-state index in [0.717, 1.165) is 12.2 Å². The van der Waals surface area contributed by atoms with Crippen LogP contribution in [0.3, 0.4) is 0 Å². The smallest absolute Gasteiger partial charge is 0.337 e. The molecule has 0 aliphatic carbocycles. The van der Waals surface area contributed by atoms with Crippen molar-refractivity contribution in [2.24, 2.45) is 5.92 Å². The van der Waals surface area contributed by atoms with Gasteiger partial charge in [0.05, 0.1) is 23.4 Å². The maximum atomic E-state index is 11.6. The summed E-state index contributed by atoms with van der Waals surface area (Å²) in [5.74, 6) is 0.372. The summed E-state index contributed by atoms with van der Waals surface area (Å²) in [4.78, 5) is 14.1. The van der Waals surface area contributed by atoms with Crippen LogP contribution in [0.5, 0.6) is 0 Å². The van der Waals surface area contributed by atoms with Crippen molar-refractivity contribution in [3.8, 4) is 0 Å². The number of hydrogen-bond acceptors (Lipinski definition) is 4. The molecule has 0 amide bonds. The van der Waals surface area contributed by atoms with E-state index in [-0.39, 0.29) is 5.97 Å². The minimum atomic E-state index is -0.335. The lowest BCUT2D eigenvalue weighted by atomic mass is 9.84. The quantitative estimate of drug-likeness (QED) is 0.870. The van der Waals surface area contributed by atoms with Crippen LogP contribution in [0.25, 0.3) is 0 Å². The van der Waals surface area contributed by atoms with Gasteiger partial charge in [0.15, 0.2) is 0 Å². The van der Waals surface area contributed by atoms with Gasteiger partial charge in [0.2, 0.25) is 0 Å². The van der Waals surface area contributed by atoms with Gasteiger partial charge in [-0.3, -0.25) is 0 Å². The van der Waals surface area contributed by atoms with Crippen LogP contribution < -0.4 is 5.32 Å². The van der Waals surface area contributed by atoms with Gasteiger partial charge in [-0.25, -0.2) is 4.79 Å². The molecular weight excluding hydrogens is 276 g/mol. The Morgan fingerprint density at radius 3 is 2.75 bits per heavy atom. The van der Waals surface area contributed by atoms with E-state index in [4.69, 9.17) is 16.3 Å². The monoisotopic (exact) mass is 294 g/mol. The average molecular weight is 295 g/mol. The molecule has 3 aliphatic rings. The van der Waals surface area contributed by atoms with E-state index in [1.54, 1.807) is 18.2 Å². The Morgan fingerprint density at radius 2 is 2.15 bits per heavy atom. The molecule has 1 aromatic rings. The highest BCUT2D eigenvalue weighted by Crippen LogP contribution is 2.32. The predicted octanol–water partition coefficient (Wildman–Crippen LogP) is 2.63. The number of methoxy groups -OCH3 is 1. The SMILES string of the molecule is COC(=O)c1ccc(Cl)c(NC2CN3CCC2CC3)c1. The van der Waals surface area contributed by atoms with Crippen molar-refractivity contribution in [3.05, 3.63) is 28.8 Å². The van der Waals surface area contributed by atoms with Gasteiger partial charge in [-0.05, 0) is 50.0 Å². The van der Waals surface area contributed by atoms with Crippen LogP contribution in [0.15, 0.2) is 18.2 Å². The number of anilines is 1. The molecule has 3 aliphatic heterocycles. The lowest BCUT2D eigenvalue weighted by molar-refractivity contribution is 0.0600. The van der Waals surface area contributed by atoms with E-state index >= 15 is 0 Å². The van der Waals surface area contributed by atoms with Crippen LogP contribution in [-0.4, -0.2) is 43.7 Å². The number of piperidine rings is 3. The minimum Gasteiger partial charge on any atom is -0.465 e. The van der Waals surface area contributed by atoms with Crippen molar-refractivity contribution in [2.75, 3.05) is 32.1 Å². The molecule has 0 aromatic heterocycles. The molecule has 4 nitrogen and oxygen atoms in total. The van der Waals surface area contributed by atoms with Gasteiger partial charge >= 0.3 is 5.97 Å². The van der Waals surface area contributed by atoms with Crippen LogP contribution in [0.2, 0.25) is 5.02 Å². The third-order valence-electron chi connectivity index (χ3n) is 4.38. The molecule has 2 bridgehead atoms. The van der Waals surface area contributed by atoms with Crippen LogP contribution in [0, 0.1) is 5.92 Å². The molecule has 3 fully saturated rings. The van der Waals surface area contributed by atoms with Crippen molar-refractivity contribution in [3.63, 3.8) is 0 Å². The van der Waals surface area contributed by atoms with Crippen molar-refractivity contribution in [1.82, 2.24) is 4.90 Å². The van der Waals surface area contributed by atoms with Crippen LogP contribution in [0.1, 0.15) is 23.2 Å². The zero-order chi connectivity index (χ0) is 14.1. The maximum Gasteiger partial charge on any atom is 0.337 e. The van der Waals surface area contributed by atoms with Gasteiger partial charge in [0, 0.05) is 12.6 Å². The fourth-order valence-corrected chi connectivity index (χ4v) is 3.38. The molecule has 0 radical (unpaired) electrons. The summed E-state index contributed by atoms with van der Waals surface area (Å²) in [5, 5.41) is 4.17. The molecule has 1 unspecified atom stereocenters. The molecule has 0 saturated carbocycles. The number of benzene rings is 1. The topological polar surface area (TPSA) is 41.6 Å². The Labute approximate surface area is 124 Å². The summed E-state index contributed by atoms with van der Waals surface area (Å²) in [5.41, 5.74) is 1.36. The second-order valence-corrected chi connectivity index (χ2v) is 5.98. The summed E-state index contributed by atoms with van der Waals surface area (Å²) >= 11 is 6.24. The molecule has 3 heterocycles. The van der Waals surface area contributed by atoms with Gasteiger partial charge in [-0.1, -0.05) is 11.6 Å². The Balaban J connectivity index is 1.78. The van der Waals surface area contributed by atoms with Gasteiger partial charge in [0.1, 0.15) is 0 Å². The maximum absolute atomic E-state index is 11.6. The summed E-state index contributed by atoms with van der Waals surface area (Å²) in [6, 6.07) is 5.64. The van der Waals surface area contributed by atoms with E-state index in [1.165, 1.54) is 33.0 Å². The zero-order valence-corrected chi connectivity index (χ0v) is 12.3. The van der Waals surface area contributed by atoms with Crippen molar-refractivity contribution in [1.29, 1.82) is 0 Å². The van der Waals surface area contributed by atoms with Crippen LogP contribution in [0.4, 0.5) is 5.69 Å². The third-order valence-corrected chi connectivity index (χ3v) is 4.71. The zero-order valence-electron chi connectivity index (χ0n) is 11.6. The molecule has 3 saturated heterocycles. The number of ether oxygens (including phenoxy) is 1. The van der Waals surface area contributed by atoms with E-state index in [1.807, 2.05) is 0 Å². The third kappa shape index (κ3) is 2.63. The number of halogens is 1. The molecule has 1 aromatic carbocycles. The first-order valence-corrected chi connectivity index (χ1v) is 7.42. The Bertz CT molecular complexity index is 513. The summed E-state index contributed by atoms with van der Waals surface area (Å²) in [6.07, 6.45) is 2.48. The van der Waals surface area contributed by atoms with E-state index < -0.39 is 0 Å². The first kappa shape index (κ1) is 13.7. The molecule has 20 heavy (non-hydrogen) atoms. The Kier molecular flexibility index (Phi) is 3.85. The summed E-state index contributed by atoms with van der Waals surface area (Å²) in [6.45, 7) is 3.47. The second kappa shape index (κ2) is 5.62. The fourth-order valence-electron chi connectivity index (χ4n) is 3.21. The number of carbonyl (C=O) groups excluding carboxylic acids is 1. The van der Waals surface area contributed by atoms with Crippen molar-refractivity contribution >= 4 is 23.3 Å². The molecular formula is C15H19ClN2O2. The highest BCUT2D eigenvalue weighted by atomic mass is 35.5. The average Bonchev–Trinajstić information content (AvgIpc) is 2.50. The number of carbonyl (C=O) groups is 1. The number of nitrogens with zero attached hydrogens (tertiary/aromatic N) is 1. The van der Waals surface area contributed by atoms with E-state index in [9.17, 15) is 4.79 Å². The normalized spacial score (nSPS) is 28.2. The highest BCUT2D eigenvalue weighted by Gasteiger charge is 2.34. The number of nitrogens with one attached hydrogen (secondary N) is 1. The standard InChI is InChI=1S/C15H19ClN2O2/c1-20-15(19)11-2-3-12(16)13(8-11)17-14-9-18-6-4-10(14)5-7-18/h2-3,8,10,14,17H,4-7,9H2,1H3. The lowest BCUT2D eigenvalue weighted by Gasteiger charge is -2.45. The van der Waals surface area contributed by atoms with Gasteiger partial charge in [-0.2, -0.15) is 0 Å². The lowest BCUT2D eigenvalue weighted by Crippen LogP contribution is -2.53. The number of esters is 1. The predicted molar refractivity (Wildman–Crippen MR) is 79.4 cm³/mol. The molecule has 108 valence electrons. The van der Waals surface area contributed by atoms with Crippen molar-refractivity contribution < 1.29 is 9.53 Å².